The van der Waals surface area contributed by atoms with Gasteiger partial charge in [0.15, 0.2) is 0 Å². The van der Waals surface area contributed by atoms with E-state index in [9.17, 15) is 4.79 Å². The molecule has 0 aromatic heterocycles. The topological polar surface area (TPSA) is 55.6 Å². The van der Waals surface area contributed by atoms with Gasteiger partial charge in [0.05, 0.1) is 12.5 Å². The fourth-order valence-electron chi connectivity index (χ4n) is 3.33. The summed E-state index contributed by atoms with van der Waals surface area (Å²) in [6.45, 7) is 3.50. The lowest BCUT2D eigenvalue weighted by atomic mass is 9.89. The molecular weight excluding hydrogens is 252 g/mol. The van der Waals surface area contributed by atoms with Crippen LogP contribution in [0.4, 0.5) is 0 Å². The maximum atomic E-state index is 12.9. The summed E-state index contributed by atoms with van der Waals surface area (Å²) in [6.07, 6.45) is 2.57. The molecule has 1 saturated heterocycles. The number of nitrogens with two attached hydrogens (primary N) is 1. The van der Waals surface area contributed by atoms with Crippen LogP contribution in [0.15, 0.2) is 24.3 Å². The molecule has 0 radical (unpaired) electrons. The lowest BCUT2D eigenvalue weighted by Crippen LogP contribution is -2.50. The maximum absolute atomic E-state index is 12.9. The van der Waals surface area contributed by atoms with Gasteiger partial charge in [0.1, 0.15) is 5.75 Å². The van der Waals surface area contributed by atoms with Crippen molar-refractivity contribution in [2.45, 2.75) is 44.2 Å². The van der Waals surface area contributed by atoms with E-state index >= 15 is 0 Å². The second-order valence-corrected chi connectivity index (χ2v) is 5.89. The van der Waals surface area contributed by atoms with E-state index in [2.05, 4.69) is 6.92 Å². The molecule has 2 aliphatic heterocycles. The molecule has 20 heavy (non-hydrogen) atoms. The molecule has 108 valence electrons. The molecule has 3 rings (SSSR count). The Morgan fingerprint density at radius 3 is 2.95 bits per heavy atom. The number of benzene rings is 1. The van der Waals surface area contributed by atoms with E-state index in [4.69, 9.17) is 10.5 Å². The van der Waals surface area contributed by atoms with E-state index in [-0.39, 0.29) is 23.9 Å². The lowest BCUT2D eigenvalue weighted by Gasteiger charge is -2.39. The number of likely N-dealkylation sites (tertiary alicyclic amines) is 1. The summed E-state index contributed by atoms with van der Waals surface area (Å²) < 4.78 is 5.64. The molecule has 0 aliphatic carbocycles. The number of para-hydroxylation sites is 1. The number of rotatable bonds is 1. The van der Waals surface area contributed by atoms with Crippen molar-refractivity contribution in [1.82, 2.24) is 4.90 Å². The first-order chi connectivity index (χ1) is 9.66. The molecule has 1 aromatic carbocycles. The summed E-state index contributed by atoms with van der Waals surface area (Å²) in [5, 5.41) is 0. The van der Waals surface area contributed by atoms with E-state index in [0.717, 1.165) is 37.1 Å². The number of hydrogen-bond donors (Lipinski definition) is 1. The Hall–Kier alpha value is -1.55. The first-order valence-electron chi connectivity index (χ1n) is 7.44. The van der Waals surface area contributed by atoms with E-state index in [1.807, 2.05) is 29.2 Å². The smallest absolute Gasteiger partial charge is 0.230 e. The van der Waals surface area contributed by atoms with Crippen molar-refractivity contribution in [3.63, 3.8) is 0 Å². The number of fused-ring (bicyclic) bond motifs is 1. The first-order valence-corrected chi connectivity index (χ1v) is 7.44. The summed E-state index contributed by atoms with van der Waals surface area (Å²) in [6, 6.07) is 8.36. The Morgan fingerprint density at radius 1 is 1.35 bits per heavy atom. The minimum absolute atomic E-state index is 0.0586. The third-order valence-electron chi connectivity index (χ3n) is 4.46. The van der Waals surface area contributed by atoms with Crippen LogP contribution in [-0.2, 0) is 4.79 Å². The van der Waals surface area contributed by atoms with Gasteiger partial charge in [-0.15, -0.1) is 0 Å². The summed E-state index contributed by atoms with van der Waals surface area (Å²) in [4.78, 5) is 14.9. The van der Waals surface area contributed by atoms with Gasteiger partial charge in [-0.3, -0.25) is 4.79 Å². The molecule has 4 nitrogen and oxygen atoms in total. The third kappa shape index (κ3) is 2.40. The van der Waals surface area contributed by atoms with Gasteiger partial charge in [0.2, 0.25) is 5.91 Å². The molecule has 1 aromatic rings. The summed E-state index contributed by atoms with van der Waals surface area (Å²) in [5.74, 6) is 1.04. The Balaban J connectivity index is 1.81. The summed E-state index contributed by atoms with van der Waals surface area (Å²) in [5.41, 5.74) is 7.02. The Kier molecular flexibility index (Phi) is 3.66. The molecule has 0 spiro atoms. The summed E-state index contributed by atoms with van der Waals surface area (Å²) in [7, 11) is 0. The SMILES string of the molecule is C[C@@H]1C[C@@H](N)CCN1C(=O)[C@H]1CCOc2ccccc21. The monoisotopic (exact) mass is 274 g/mol. The first kappa shape index (κ1) is 13.4. The zero-order chi connectivity index (χ0) is 14.1. The molecule has 1 fully saturated rings. The molecular formula is C16H22N2O2. The van der Waals surface area contributed by atoms with Gasteiger partial charge in [-0.05, 0) is 32.3 Å². The second kappa shape index (κ2) is 5.44. The number of nitrogens with zero attached hydrogens (tertiary/aromatic N) is 1. The number of ether oxygens (including phenoxy) is 1. The fraction of sp³-hybridized carbons (Fsp3) is 0.562. The van der Waals surface area contributed by atoms with Crippen LogP contribution in [0.2, 0.25) is 0 Å². The van der Waals surface area contributed by atoms with Crippen molar-refractivity contribution in [3.8, 4) is 5.75 Å². The van der Waals surface area contributed by atoms with Crippen molar-refractivity contribution in [2.24, 2.45) is 5.73 Å². The van der Waals surface area contributed by atoms with Crippen LogP contribution in [0.3, 0.4) is 0 Å². The van der Waals surface area contributed by atoms with Crippen LogP contribution in [-0.4, -0.2) is 36.0 Å². The molecule has 2 aliphatic rings. The normalized spacial score (nSPS) is 29.5. The highest BCUT2D eigenvalue weighted by Gasteiger charge is 2.34. The van der Waals surface area contributed by atoms with Crippen LogP contribution < -0.4 is 10.5 Å². The average molecular weight is 274 g/mol. The van der Waals surface area contributed by atoms with Gasteiger partial charge in [-0.2, -0.15) is 0 Å². The highest BCUT2D eigenvalue weighted by Crippen LogP contribution is 2.35. The number of carbonyl (C=O) groups is 1. The van der Waals surface area contributed by atoms with Gasteiger partial charge < -0.3 is 15.4 Å². The molecule has 2 N–H and O–H groups in total. The van der Waals surface area contributed by atoms with E-state index in [0.29, 0.717) is 6.61 Å². The molecule has 0 bridgehead atoms. The van der Waals surface area contributed by atoms with Crippen molar-refractivity contribution in [3.05, 3.63) is 29.8 Å². The van der Waals surface area contributed by atoms with Crippen LogP contribution >= 0.6 is 0 Å². The molecule has 0 unspecified atom stereocenters. The van der Waals surface area contributed by atoms with Gasteiger partial charge in [0.25, 0.3) is 0 Å². The average Bonchev–Trinajstić information content (AvgIpc) is 2.46. The zero-order valence-corrected chi connectivity index (χ0v) is 11.9. The quantitative estimate of drug-likeness (QED) is 0.851. The summed E-state index contributed by atoms with van der Waals surface area (Å²) >= 11 is 0. The predicted molar refractivity (Wildman–Crippen MR) is 77.7 cm³/mol. The minimum atomic E-state index is -0.0586. The number of carbonyl (C=O) groups excluding carboxylic acids is 1. The van der Waals surface area contributed by atoms with Crippen LogP contribution in [0, 0.1) is 0 Å². The standard InChI is InChI=1S/C16H22N2O2/c1-11-10-12(17)6-8-18(11)16(19)14-7-9-20-15-5-3-2-4-13(14)15/h2-5,11-12,14H,6-10,17H2,1H3/t11-,12+,14+/m1/s1. The van der Waals surface area contributed by atoms with Crippen molar-refractivity contribution < 1.29 is 9.53 Å². The Morgan fingerprint density at radius 2 is 2.15 bits per heavy atom. The molecule has 3 atom stereocenters. The van der Waals surface area contributed by atoms with Crippen molar-refractivity contribution in [1.29, 1.82) is 0 Å². The van der Waals surface area contributed by atoms with Crippen molar-refractivity contribution >= 4 is 5.91 Å². The van der Waals surface area contributed by atoms with E-state index in [1.54, 1.807) is 0 Å². The number of hydrogen-bond acceptors (Lipinski definition) is 3. The predicted octanol–water partition coefficient (Wildman–Crippen LogP) is 1.89. The Labute approximate surface area is 119 Å². The third-order valence-corrected chi connectivity index (χ3v) is 4.46. The molecule has 0 saturated carbocycles. The van der Waals surface area contributed by atoms with Crippen molar-refractivity contribution in [2.75, 3.05) is 13.2 Å². The van der Waals surface area contributed by atoms with E-state index in [1.165, 1.54) is 0 Å². The van der Waals surface area contributed by atoms with E-state index < -0.39 is 0 Å². The number of amides is 1. The van der Waals surface area contributed by atoms with Crippen LogP contribution in [0.1, 0.15) is 37.7 Å². The molecule has 1 amide bonds. The molecule has 2 heterocycles. The Bertz CT molecular complexity index is 503. The zero-order valence-electron chi connectivity index (χ0n) is 11.9. The highest BCUT2D eigenvalue weighted by molar-refractivity contribution is 5.85. The lowest BCUT2D eigenvalue weighted by molar-refractivity contribution is -0.137. The minimum Gasteiger partial charge on any atom is -0.493 e. The molecule has 4 heteroatoms. The number of piperidine rings is 1. The largest absolute Gasteiger partial charge is 0.493 e. The fourth-order valence-corrected chi connectivity index (χ4v) is 3.33. The van der Waals surface area contributed by atoms with Gasteiger partial charge >= 0.3 is 0 Å². The van der Waals surface area contributed by atoms with Gasteiger partial charge in [0, 0.05) is 24.2 Å². The van der Waals surface area contributed by atoms with Gasteiger partial charge in [-0.1, -0.05) is 18.2 Å². The maximum Gasteiger partial charge on any atom is 0.230 e. The second-order valence-electron chi connectivity index (χ2n) is 5.89. The van der Waals surface area contributed by atoms with Crippen LogP contribution in [0.25, 0.3) is 0 Å². The van der Waals surface area contributed by atoms with Crippen LogP contribution in [0.5, 0.6) is 5.75 Å². The highest BCUT2D eigenvalue weighted by atomic mass is 16.5. The van der Waals surface area contributed by atoms with Gasteiger partial charge in [-0.25, -0.2) is 0 Å².